The quantitative estimate of drug-likeness (QED) is 0.487. The fourth-order valence-electron chi connectivity index (χ4n) is 5.12. The first-order valence-corrected chi connectivity index (χ1v) is 15.0. The molecule has 1 aliphatic heterocycles. The normalized spacial score (nSPS) is 19.6. The lowest BCUT2D eigenvalue weighted by Crippen LogP contribution is -2.44. The van der Waals surface area contributed by atoms with E-state index in [1.54, 1.807) is 19.5 Å². The number of anilines is 1. The summed E-state index contributed by atoms with van der Waals surface area (Å²) in [5.74, 6) is 0.893. The van der Waals surface area contributed by atoms with Crippen molar-refractivity contribution in [3.8, 4) is 0 Å². The molecule has 1 atom stereocenters. The first-order chi connectivity index (χ1) is 15.8. The highest BCUT2D eigenvalue weighted by Gasteiger charge is 2.45. The molecule has 1 aromatic heterocycles. The summed E-state index contributed by atoms with van der Waals surface area (Å²) in [4.78, 5) is 12.5. The monoisotopic (exact) mass is 498 g/mol. The second kappa shape index (κ2) is 8.74. The SMILES string of the molecule is CP(C)(=O)c1cccc(Sc2cnc(N3CCC4(CC3)Cc3ccccc3[C@H]4N)cn2)c1Cl. The van der Waals surface area contributed by atoms with E-state index in [0.29, 0.717) is 10.3 Å². The summed E-state index contributed by atoms with van der Waals surface area (Å²) in [6, 6.07) is 14.4. The number of halogens is 1. The van der Waals surface area contributed by atoms with Crippen LogP contribution in [0.3, 0.4) is 0 Å². The Kier molecular flexibility index (Phi) is 6.07. The fraction of sp³-hybridized carbons (Fsp3) is 0.360. The molecule has 5 nitrogen and oxygen atoms in total. The van der Waals surface area contributed by atoms with Crippen LogP contribution in [0.15, 0.2) is 64.8 Å². The number of benzene rings is 2. The second-order valence-electron chi connectivity index (χ2n) is 9.46. The van der Waals surface area contributed by atoms with E-state index < -0.39 is 7.14 Å². The van der Waals surface area contributed by atoms with E-state index >= 15 is 0 Å². The van der Waals surface area contributed by atoms with Gasteiger partial charge in [0, 0.05) is 29.3 Å². The van der Waals surface area contributed by atoms with Gasteiger partial charge >= 0.3 is 0 Å². The van der Waals surface area contributed by atoms with Crippen LogP contribution in [0.1, 0.15) is 30.0 Å². The number of nitrogens with two attached hydrogens (primary N) is 1. The number of aromatic nitrogens is 2. The van der Waals surface area contributed by atoms with Crippen LogP contribution in [-0.2, 0) is 11.0 Å². The maximum atomic E-state index is 12.5. The van der Waals surface area contributed by atoms with Crippen LogP contribution in [-0.4, -0.2) is 36.4 Å². The number of nitrogens with zero attached hydrogens (tertiary/aromatic N) is 3. The standard InChI is InChI=1S/C25H28ClN4OPS/c1-32(2,31)19-8-5-9-20(23(19)26)33-22-16-28-21(15-29-22)30-12-10-25(11-13-30)14-17-6-3-4-7-18(17)24(25)27/h3-9,15-16,24H,10-14,27H2,1-2H3/t24-/m1/s1. The third-order valence-corrected chi connectivity index (χ3v) is 10.2. The van der Waals surface area contributed by atoms with Crippen molar-refractivity contribution in [2.24, 2.45) is 11.1 Å². The van der Waals surface area contributed by atoms with Crippen LogP contribution in [0.25, 0.3) is 0 Å². The molecule has 0 bridgehead atoms. The van der Waals surface area contributed by atoms with Crippen molar-refractivity contribution < 1.29 is 4.57 Å². The number of hydrogen-bond donors (Lipinski definition) is 1. The minimum absolute atomic E-state index is 0.114. The second-order valence-corrected chi connectivity index (χ2v) is 14.1. The molecule has 172 valence electrons. The lowest BCUT2D eigenvalue weighted by Gasteiger charge is -2.42. The van der Waals surface area contributed by atoms with Gasteiger partial charge in [-0.15, -0.1) is 0 Å². The molecule has 0 radical (unpaired) electrons. The molecule has 1 saturated heterocycles. The van der Waals surface area contributed by atoms with Gasteiger partial charge in [-0.05, 0) is 61.3 Å². The summed E-state index contributed by atoms with van der Waals surface area (Å²) < 4.78 is 12.5. The van der Waals surface area contributed by atoms with Gasteiger partial charge in [-0.1, -0.05) is 53.7 Å². The molecular weight excluding hydrogens is 471 g/mol. The van der Waals surface area contributed by atoms with Gasteiger partial charge in [0.25, 0.3) is 0 Å². The van der Waals surface area contributed by atoms with Gasteiger partial charge in [0.2, 0.25) is 0 Å². The van der Waals surface area contributed by atoms with Gasteiger partial charge in [-0.3, -0.25) is 0 Å². The van der Waals surface area contributed by atoms with Crippen LogP contribution >= 0.6 is 30.5 Å². The van der Waals surface area contributed by atoms with E-state index in [1.807, 2.05) is 24.4 Å². The zero-order valence-electron chi connectivity index (χ0n) is 18.9. The molecule has 2 aliphatic rings. The molecule has 1 aliphatic carbocycles. The van der Waals surface area contributed by atoms with Crippen molar-refractivity contribution >= 4 is 41.6 Å². The predicted molar refractivity (Wildman–Crippen MR) is 138 cm³/mol. The Morgan fingerprint density at radius 2 is 1.85 bits per heavy atom. The van der Waals surface area contributed by atoms with Crippen LogP contribution in [0.2, 0.25) is 5.02 Å². The molecule has 2 N–H and O–H groups in total. The zero-order valence-corrected chi connectivity index (χ0v) is 21.3. The van der Waals surface area contributed by atoms with Gasteiger partial charge in [-0.2, -0.15) is 0 Å². The molecule has 5 rings (SSSR count). The highest BCUT2D eigenvalue weighted by molar-refractivity contribution is 7.99. The average molecular weight is 499 g/mol. The van der Waals surface area contributed by atoms with Crippen LogP contribution in [0, 0.1) is 5.41 Å². The third-order valence-electron chi connectivity index (χ3n) is 7.03. The maximum Gasteiger partial charge on any atom is 0.147 e. The number of piperidine rings is 1. The molecular formula is C25H28ClN4OPS. The summed E-state index contributed by atoms with van der Waals surface area (Å²) in [5, 5.41) is 2.01. The molecule has 0 unspecified atom stereocenters. The largest absolute Gasteiger partial charge is 0.355 e. The minimum atomic E-state index is -2.45. The molecule has 3 aromatic rings. The van der Waals surface area contributed by atoms with E-state index in [-0.39, 0.29) is 11.5 Å². The molecule has 0 amide bonds. The molecule has 0 saturated carbocycles. The van der Waals surface area contributed by atoms with E-state index in [1.165, 1.54) is 22.9 Å². The van der Waals surface area contributed by atoms with Crippen molar-refractivity contribution in [2.45, 2.75) is 35.2 Å². The van der Waals surface area contributed by atoms with Gasteiger partial charge < -0.3 is 15.2 Å². The first-order valence-electron chi connectivity index (χ1n) is 11.2. The Morgan fingerprint density at radius 1 is 1.09 bits per heavy atom. The van der Waals surface area contributed by atoms with Crippen LogP contribution in [0.5, 0.6) is 0 Å². The lowest BCUT2D eigenvalue weighted by atomic mass is 9.73. The Hall–Kier alpha value is -1.85. The number of rotatable bonds is 4. The van der Waals surface area contributed by atoms with Gasteiger partial charge in [0.1, 0.15) is 18.0 Å². The smallest absolute Gasteiger partial charge is 0.147 e. The lowest BCUT2D eigenvalue weighted by molar-refractivity contribution is 0.187. The molecule has 2 heterocycles. The Balaban J connectivity index is 1.26. The van der Waals surface area contributed by atoms with Crippen LogP contribution < -0.4 is 15.9 Å². The Morgan fingerprint density at radius 3 is 2.52 bits per heavy atom. The van der Waals surface area contributed by atoms with Gasteiger partial charge in [0.15, 0.2) is 0 Å². The fourth-order valence-corrected chi connectivity index (χ4v) is 7.87. The zero-order chi connectivity index (χ0) is 23.2. The van der Waals surface area contributed by atoms with Crippen molar-refractivity contribution in [2.75, 3.05) is 31.3 Å². The Labute approximate surface area is 204 Å². The summed E-state index contributed by atoms with van der Waals surface area (Å²) in [6.07, 6.45) is 6.81. The van der Waals surface area contributed by atoms with Crippen molar-refractivity contribution in [1.82, 2.24) is 9.97 Å². The van der Waals surface area contributed by atoms with Crippen molar-refractivity contribution in [1.29, 1.82) is 0 Å². The van der Waals surface area contributed by atoms with Gasteiger partial charge in [0.05, 0.1) is 17.4 Å². The third kappa shape index (κ3) is 4.35. The minimum Gasteiger partial charge on any atom is -0.355 e. The topological polar surface area (TPSA) is 72.1 Å². The highest BCUT2D eigenvalue weighted by Crippen LogP contribution is 2.51. The van der Waals surface area contributed by atoms with E-state index in [4.69, 9.17) is 17.3 Å². The molecule has 8 heteroatoms. The summed E-state index contributed by atoms with van der Waals surface area (Å²) in [6.45, 7) is 5.33. The number of fused-ring (bicyclic) bond motifs is 1. The predicted octanol–water partition coefficient (Wildman–Crippen LogP) is 5.37. The van der Waals surface area contributed by atoms with E-state index in [2.05, 4.69) is 39.1 Å². The molecule has 33 heavy (non-hydrogen) atoms. The van der Waals surface area contributed by atoms with Gasteiger partial charge in [-0.25, -0.2) is 9.97 Å². The van der Waals surface area contributed by atoms with Crippen molar-refractivity contribution in [3.63, 3.8) is 0 Å². The van der Waals surface area contributed by atoms with E-state index in [9.17, 15) is 4.57 Å². The molecule has 1 fully saturated rings. The summed E-state index contributed by atoms with van der Waals surface area (Å²) in [5.41, 5.74) is 9.59. The Bertz CT molecular complexity index is 1220. The number of hydrogen-bond acceptors (Lipinski definition) is 6. The average Bonchev–Trinajstić information content (AvgIpc) is 3.07. The molecule has 1 spiro atoms. The summed E-state index contributed by atoms with van der Waals surface area (Å²) in [7, 11) is -2.45. The maximum absolute atomic E-state index is 12.5. The van der Waals surface area contributed by atoms with Crippen LogP contribution in [0.4, 0.5) is 5.82 Å². The van der Waals surface area contributed by atoms with Crippen molar-refractivity contribution in [3.05, 3.63) is 71.0 Å². The summed E-state index contributed by atoms with van der Waals surface area (Å²) >= 11 is 7.99. The highest BCUT2D eigenvalue weighted by atomic mass is 35.5. The first kappa shape index (κ1) is 22.9. The van der Waals surface area contributed by atoms with E-state index in [0.717, 1.165) is 48.1 Å². The molecule has 2 aromatic carbocycles.